The summed E-state index contributed by atoms with van der Waals surface area (Å²) in [6, 6.07) is 22.3. The van der Waals surface area contributed by atoms with E-state index >= 15 is 0 Å². The normalized spacial score (nSPS) is 13.0. The zero-order valence-corrected chi connectivity index (χ0v) is 21.9. The van der Waals surface area contributed by atoms with Crippen molar-refractivity contribution in [2.45, 2.75) is 45.2 Å². The maximum absolute atomic E-state index is 13.8. The Kier molecular flexibility index (Phi) is 9.44. The van der Waals surface area contributed by atoms with E-state index in [9.17, 15) is 9.59 Å². The van der Waals surface area contributed by atoms with Gasteiger partial charge in [-0.25, -0.2) is 0 Å². The van der Waals surface area contributed by atoms with E-state index < -0.39 is 6.04 Å². The SMILES string of the molecule is CCCNC(=O)C(Cc1ccccc1)N(Cc1cccc(Cl)c1)C(=O)CCc1ccc2c(c1)OCCO2. The van der Waals surface area contributed by atoms with Gasteiger partial charge in [0.1, 0.15) is 19.3 Å². The number of hydrogen-bond donors (Lipinski definition) is 1. The first-order chi connectivity index (χ1) is 18.0. The van der Waals surface area contributed by atoms with Gasteiger partial charge in [-0.1, -0.05) is 67.1 Å². The lowest BCUT2D eigenvalue weighted by Crippen LogP contribution is -2.50. The fraction of sp³-hybridized carbons (Fsp3) is 0.333. The fourth-order valence-corrected chi connectivity index (χ4v) is 4.60. The molecule has 1 aliphatic rings. The van der Waals surface area contributed by atoms with E-state index in [2.05, 4.69) is 5.32 Å². The van der Waals surface area contributed by atoms with Crippen molar-refractivity contribution in [3.05, 3.63) is 94.5 Å². The Morgan fingerprint density at radius 2 is 1.68 bits per heavy atom. The van der Waals surface area contributed by atoms with Gasteiger partial charge in [-0.2, -0.15) is 0 Å². The number of hydrogen-bond acceptors (Lipinski definition) is 4. The number of carbonyl (C=O) groups excluding carboxylic acids is 2. The molecule has 0 fully saturated rings. The first-order valence-electron chi connectivity index (χ1n) is 12.8. The number of carbonyl (C=O) groups is 2. The molecule has 2 amide bonds. The standard InChI is InChI=1S/C30H33ClN2O4/c1-2-15-32-30(35)26(19-22-7-4-3-5-8-22)33(21-24-9-6-10-25(31)18-24)29(34)14-12-23-11-13-27-28(20-23)37-17-16-36-27/h3-11,13,18,20,26H,2,12,14-17,19,21H2,1H3,(H,32,35). The van der Waals surface area contributed by atoms with Crippen LogP contribution in [0.1, 0.15) is 36.5 Å². The van der Waals surface area contributed by atoms with Gasteiger partial charge in [0.15, 0.2) is 11.5 Å². The fourth-order valence-electron chi connectivity index (χ4n) is 4.39. The van der Waals surface area contributed by atoms with E-state index in [1.165, 1.54) is 0 Å². The minimum atomic E-state index is -0.652. The highest BCUT2D eigenvalue weighted by Gasteiger charge is 2.30. The third-order valence-electron chi connectivity index (χ3n) is 6.30. The van der Waals surface area contributed by atoms with Crippen LogP contribution in [0, 0.1) is 0 Å². The molecule has 3 aromatic carbocycles. The van der Waals surface area contributed by atoms with E-state index in [0.29, 0.717) is 43.4 Å². The van der Waals surface area contributed by atoms with E-state index in [-0.39, 0.29) is 24.8 Å². The quantitative estimate of drug-likeness (QED) is 0.377. The van der Waals surface area contributed by atoms with E-state index in [1.54, 1.807) is 11.0 Å². The van der Waals surface area contributed by atoms with Crippen molar-refractivity contribution < 1.29 is 19.1 Å². The second kappa shape index (κ2) is 13.2. The predicted octanol–water partition coefficient (Wildman–Crippen LogP) is 5.21. The summed E-state index contributed by atoms with van der Waals surface area (Å²) in [5, 5.41) is 3.60. The summed E-state index contributed by atoms with van der Waals surface area (Å²) >= 11 is 6.24. The third kappa shape index (κ3) is 7.49. The summed E-state index contributed by atoms with van der Waals surface area (Å²) in [6.07, 6.45) is 2.02. The lowest BCUT2D eigenvalue weighted by Gasteiger charge is -2.32. The highest BCUT2D eigenvalue weighted by molar-refractivity contribution is 6.30. The molecule has 0 aromatic heterocycles. The molecule has 3 aromatic rings. The summed E-state index contributed by atoms with van der Waals surface area (Å²) < 4.78 is 11.3. The number of halogens is 1. The van der Waals surface area contributed by atoms with E-state index in [4.69, 9.17) is 21.1 Å². The number of aryl methyl sites for hydroxylation is 1. The molecule has 0 saturated heterocycles. The topological polar surface area (TPSA) is 67.9 Å². The lowest BCUT2D eigenvalue weighted by atomic mass is 10.0. The van der Waals surface area contributed by atoms with Crippen LogP contribution in [0.15, 0.2) is 72.8 Å². The number of rotatable bonds is 11. The molecule has 7 heteroatoms. The van der Waals surface area contributed by atoms with Gasteiger partial charge in [0, 0.05) is 31.0 Å². The number of amides is 2. The molecule has 6 nitrogen and oxygen atoms in total. The molecule has 194 valence electrons. The molecular weight excluding hydrogens is 488 g/mol. The zero-order valence-electron chi connectivity index (χ0n) is 21.1. The zero-order chi connectivity index (χ0) is 26.0. The van der Waals surface area contributed by atoms with Crippen LogP contribution in [-0.2, 0) is 29.0 Å². The van der Waals surface area contributed by atoms with Crippen LogP contribution in [0.4, 0.5) is 0 Å². The number of fused-ring (bicyclic) bond motifs is 1. The molecule has 4 rings (SSSR count). The third-order valence-corrected chi connectivity index (χ3v) is 6.53. The number of nitrogens with one attached hydrogen (secondary N) is 1. The van der Waals surface area contributed by atoms with Crippen molar-refractivity contribution in [1.29, 1.82) is 0 Å². The largest absolute Gasteiger partial charge is 0.486 e. The Morgan fingerprint density at radius 1 is 0.919 bits per heavy atom. The highest BCUT2D eigenvalue weighted by Crippen LogP contribution is 2.31. The highest BCUT2D eigenvalue weighted by atomic mass is 35.5. The maximum atomic E-state index is 13.8. The molecule has 1 aliphatic heterocycles. The second-order valence-electron chi connectivity index (χ2n) is 9.13. The summed E-state index contributed by atoms with van der Waals surface area (Å²) in [6.45, 7) is 3.90. The molecule has 37 heavy (non-hydrogen) atoms. The van der Waals surface area contributed by atoms with E-state index in [0.717, 1.165) is 28.9 Å². The van der Waals surface area contributed by atoms with Crippen LogP contribution in [0.2, 0.25) is 5.02 Å². The summed E-state index contributed by atoms with van der Waals surface area (Å²) in [4.78, 5) is 28.8. The van der Waals surface area contributed by atoms with Crippen LogP contribution in [0.3, 0.4) is 0 Å². The monoisotopic (exact) mass is 520 g/mol. The average molecular weight is 521 g/mol. The van der Waals surface area contributed by atoms with Gasteiger partial charge >= 0.3 is 0 Å². The molecule has 0 bridgehead atoms. The molecule has 1 atom stereocenters. The smallest absolute Gasteiger partial charge is 0.243 e. The Bertz CT molecular complexity index is 1200. The van der Waals surface area contributed by atoms with Crippen molar-refractivity contribution >= 4 is 23.4 Å². The van der Waals surface area contributed by atoms with Crippen LogP contribution in [0.5, 0.6) is 11.5 Å². The van der Waals surface area contributed by atoms with Gasteiger partial charge in [0.2, 0.25) is 11.8 Å². The van der Waals surface area contributed by atoms with Crippen LogP contribution in [-0.4, -0.2) is 42.5 Å². The minimum Gasteiger partial charge on any atom is -0.486 e. The summed E-state index contributed by atoms with van der Waals surface area (Å²) in [5.74, 6) is 1.18. The first-order valence-corrected chi connectivity index (χ1v) is 13.2. The molecular formula is C30H33ClN2O4. The predicted molar refractivity (Wildman–Crippen MR) is 145 cm³/mol. The van der Waals surface area contributed by atoms with Gasteiger partial charge in [0.05, 0.1) is 0 Å². The van der Waals surface area contributed by atoms with Crippen molar-refractivity contribution in [2.75, 3.05) is 19.8 Å². The molecule has 1 heterocycles. The van der Waals surface area contributed by atoms with Crippen LogP contribution in [0.25, 0.3) is 0 Å². The average Bonchev–Trinajstić information content (AvgIpc) is 2.92. The second-order valence-corrected chi connectivity index (χ2v) is 9.56. The summed E-state index contributed by atoms with van der Waals surface area (Å²) in [5.41, 5.74) is 2.85. The first kappa shape index (κ1) is 26.6. The molecule has 1 N–H and O–H groups in total. The molecule has 0 radical (unpaired) electrons. The minimum absolute atomic E-state index is 0.0950. The van der Waals surface area contributed by atoms with Crippen molar-refractivity contribution in [2.24, 2.45) is 0 Å². The number of nitrogens with zero attached hydrogens (tertiary/aromatic N) is 1. The molecule has 1 unspecified atom stereocenters. The Balaban J connectivity index is 1.58. The van der Waals surface area contributed by atoms with E-state index in [1.807, 2.05) is 73.7 Å². The van der Waals surface area contributed by atoms with Crippen LogP contribution >= 0.6 is 11.6 Å². The van der Waals surface area contributed by atoms with Gasteiger partial charge in [0.25, 0.3) is 0 Å². The van der Waals surface area contributed by atoms with Gasteiger partial charge < -0.3 is 19.7 Å². The maximum Gasteiger partial charge on any atom is 0.243 e. The molecule has 0 saturated carbocycles. The van der Waals surface area contributed by atoms with Gasteiger partial charge in [-0.3, -0.25) is 9.59 Å². The number of benzene rings is 3. The molecule has 0 aliphatic carbocycles. The van der Waals surface area contributed by atoms with Crippen molar-refractivity contribution in [3.8, 4) is 11.5 Å². The van der Waals surface area contributed by atoms with Crippen LogP contribution < -0.4 is 14.8 Å². The Labute approximate surface area is 223 Å². The van der Waals surface area contributed by atoms with Crippen molar-refractivity contribution in [3.63, 3.8) is 0 Å². The lowest BCUT2D eigenvalue weighted by molar-refractivity contribution is -0.141. The van der Waals surface area contributed by atoms with Gasteiger partial charge in [-0.05, 0) is 53.8 Å². The summed E-state index contributed by atoms with van der Waals surface area (Å²) in [7, 11) is 0. The molecule has 0 spiro atoms. The Morgan fingerprint density at radius 3 is 2.43 bits per heavy atom. The Hall–Kier alpha value is -3.51. The number of ether oxygens (including phenoxy) is 2. The van der Waals surface area contributed by atoms with Crippen molar-refractivity contribution in [1.82, 2.24) is 10.2 Å². The van der Waals surface area contributed by atoms with Gasteiger partial charge in [-0.15, -0.1) is 0 Å².